The van der Waals surface area contributed by atoms with Crippen LogP contribution in [0.5, 0.6) is 0 Å². The number of amides is 1. The molecule has 1 amide bonds. The van der Waals surface area contributed by atoms with Crippen LogP contribution in [-0.2, 0) is 18.4 Å². The molecule has 0 saturated carbocycles. The summed E-state index contributed by atoms with van der Waals surface area (Å²) in [6.45, 7) is 4.84. The number of rotatable bonds is 70. The molecule has 0 aliphatic carbocycles. The van der Waals surface area contributed by atoms with E-state index in [-0.39, 0.29) is 19.1 Å². The molecule has 0 radical (unpaired) electrons. The molecular weight excluding hydrogens is 1080 g/mol. The molecule has 0 aromatic rings. The SMILES string of the molecule is CCCCCCC/C=C\C/C=C\C/C=C\CCCCCCCCCCCCCCCCCCCCCCC(=O)NC(COP(=O)(O)OCC[N+](C)(C)C)C(O)/C=C/CC/C=C/CCCCCCCCCCCCCCCCCCCCCCCCC. The smallest absolute Gasteiger partial charge is 0.387 e. The minimum absolute atomic E-state index is 0.0566. The van der Waals surface area contributed by atoms with E-state index < -0.39 is 20.0 Å². The van der Waals surface area contributed by atoms with Gasteiger partial charge in [-0.3, -0.25) is 13.8 Å². The lowest BCUT2D eigenvalue weighted by molar-refractivity contribution is -0.870. The summed E-state index contributed by atoms with van der Waals surface area (Å²) in [4.78, 5) is 23.5. The Labute approximate surface area is 536 Å². The van der Waals surface area contributed by atoms with E-state index in [0.717, 1.165) is 51.4 Å². The zero-order valence-corrected chi connectivity index (χ0v) is 59.0. The van der Waals surface area contributed by atoms with Crippen molar-refractivity contribution < 1.29 is 32.9 Å². The number of aliphatic hydroxyl groups excluding tert-OH is 1. The number of aliphatic hydroxyl groups is 1. The summed E-state index contributed by atoms with van der Waals surface area (Å²) >= 11 is 0. The second kappa shape index (κ2) is 67.6. The molecular formula is C77H148N2O6P+. The van der Waals surface area contributed by atoms with Crippen molar-refractivity contribution in [3.05, 3.63) is 60.8 Å². The van der Waals surface area contributed by atoms with E-state index in [1.807, 2.05) is 27.2 Å². The maximum Gasteiger partial charge on any atom is 0.472 e. The average molecular weight is 1230 g/mol. The number of phosphoric acid groups is 1. The molecule has 0 spiro atoms. The van der Waals surface area contributed by atoms with E-state index in [2.05, 4.69) is 67.8 Å². The summed E-state index contributed by atoms with van der Waals surface area (Å²) in [6.07, 6.45) is 94.0. The minimum Gasteiger partial charge on any atom is -0.387 e. The molecule has 0 fully saturated rings. The fraction of sp³-hybridized carbons (Fsp3) is 0.857. The van der Waals surface area contributed by atoms with Crippen LogP contribution in [0.2, 0.25) is 0 Å². The fourth-order valence-corrected chi connectivity index (χ4v) is 12.1. The molecule has 0 heterocycles. The van der Waals surface area contributed by atoms with Crippen LogP contribution in [0.1, 0.15) is 373 Å². The number of nitrogens with one attached hydrogen (secondary N) is 1. The summed E-state index contributed by atoms with van der Waals surface area (Å²) in [7, 11) is 1.57. The quantitative estimate of drug-likeness (QED) is 0.0243. The van der Waals surface area contributed by atoms with Crippen molar-refractivity contribution in [2.45, 2.75) is 386 Å². The average Bonchev–Trinajstić information content (AvgIpc) is 3.70. The molecule has 3 unspecified atom stereocenters. The number of hydrogen-bond acceptors (Lipinski definition) is 5. The molecule has 0 saturated heterocycles. The fourth-order valence-electron chi connectivity index (χ4n) is 11.4. The van der Waals surface area contributed by atoms with Gasteiger partial charge in [0, 0.05) is 6.42 Å². The van der Waals surface area contributed by atoms with Crippen LogP contribution in [0.4, 0.5) is 0 Å². The number of hydrogen-bond donors (Lipinski definition) is 3. The van der Waals surface area contributed by atoms with Gasteiger partial charge in [0.05, 0.1) is 39.9 Å². The third-order valence-corrected chi connectivity index (χ3v) is 18.2. The highest BCUT2D eigenvalue weighted by Gasteiger charge is 2.28. The first kappa shape index (κ1) is 84.2. The summed E-state index contributed by atoms with van der Waals surface area (Å²) in [6, 6.07) is -0.866. The lowest BCUT2D eigenvalue weighted by atomic mass is 10.0. The predicted molar refractivity (Wildman–Crippen MR) is 378 cm³/mol. The second-order valence-corrected chi connectivity index (χ2v) is 28.5. The van der Waals surface area contributed by atoms with Gasteiger partial charge in [0.1, 0.15) is 13.2 Å². The predicted octanol–water partition coefficient (Wildman–Crippen LogP) is 24.3. The second-order valence-electron chi connectivity index (χ2n) is 27.0. The Morgan fingerprint density at radius 1 is 0.395 bits per heavy atom. The summed E-state index contributed by atoms with van der Waals surface area (Å²) in [5.41, 5.74) is 0. The Balaban J connectivity index is 4.03. The van der Waals surface area contributed by atoms with Gasteiger partial charge in [-0.25, -0.2) is 4.57 Å². The number of quaternary nitrogens is 1. The van der Waals surface area contributed by atoms with Gasteiger partial charge in [0.15, 0.2) is 0 Å². The number of nitrogens with zero attached hydrogens (tertiary/aromatic N) is 1. The summed E-state index contributed by atoms with van der Waals surface area (Å²) in [5, 5.41) is 14.0. The highest BCUT2D eigenvalue weighted by atomic mass is 31.2. The van der Waals surface area contributed by atoms with Crippen LogP contribution in [0, 0.1) is 0 Å². The Morgan fingerprint density at radius 2 is 0.674 bits per heavy atom. The van der Waals surface area contributed by atoms with Gasteiger partial charge >= 0.3 is 7.82 Å². The van der Waals surface area contributed by atoms with E-state index in [0.29, 0.717) is 17.4 Å². The Morgan fingerprint density at radius 3 is 1.01 bits per heavy atom. The maximum atomic E-state index is 13.1. The van der Waals surface area contributed by atoms with E-state index in [1.165, 1.54) is 302 Å². The van der Waals surface area contributed by atoms with Gasteiger partial charge in [0.2, 0.25) is 5.91 Å². The monoisotopic (exact) mass is 1230 g/mol. The molecule has 3 atom stereocenters. The molecule has 8 nitrogen and oxygen atoms in total. The molecule has 0 aromatic heterocycles. The molecule has 3 N–H and O–H groups in total. The van der Waals surface area contributed by atoms with E-state index >= 15 is 0 Å². The highest BCUT2D eigenvalue weighted by Crippen LogP contribution is 2.43. The minimum atomic E-state index is -4.36. The van der Waals surface area contributed by atoms with Crippen molar-refractivity contribution >= 4 is 13.7 Å². The number of phosphoric ester groups is 1. The third kappa shape index (κ3) is 69.7. The summed E-state index contributed by atoms with van der Waals surface area (Å²) in [5.74, 6) is -0.181. The molecule has 0 aromatic carbocycles. The van der Waals surface area contributed by atoms with Crippen LogP contribution in [0.15, 0.2) is 60.8 Å². The van der Waals surface area contributed by atoms with Gasteiger partial charge in [-0.1, -0.05) is 357 Å². The topological polar surface area (TPSA) is 105 Å². The Bertz CT molecular complexity index is 1590. The van der Waals surface area contributed by atoms with Crippen LogP contribution >= 0.6 is 7.82 Å². The molecule has 9 heteroatoms. The normalized spacial score (nSPS) is 13.9. The van der Waals surface area contributed by atoms with Crippen molar-refractivity contribution in [3.63, 3.8) is 0 Å². The lowest BCUT2D eigenvalue weighted by Gasteiger charge is -2.25. The first-order chi connectivity index (χ1) is 42.0. The third-order valence-electron chi connectivity index (χ3n) is 17.2. The van der Waals surface area contributed by atoms with Crippen LogP contribution < -0.4 is 5.32 Å². The number of allylic oxidation sites excluding steroid dienone is 9. The molecule has 0 rings (SSSR count). The van der Waals surface area contributed by atoms with Crippen molar-refractivity contribution in [2.24, 2.45) is 0 Å². The molecule has 0 bridgehead atoms. The van der Waals surface area contributed by atoms with Gasteiger partial charge < -0.3 is 19.8 Å². The Kier molecular flexibility index (Phi) is 66.2. The van der Waals surface area contributed by atoms with E-state index in [4.69, 9.17) is 9.05 Å². The first-order valence-corrected chi connectivity index (χ1v) is 39.2. The molecule has 0 aliphatic rings. The number of carbonyl (C=O) groups excluding carboxylic acids is 1. The number of carbonyl (C=O) groups is 1. The van der Waals surface area contributed by atoms with Gasteiger partial charge in [-0.05, 0) is 70.6 Å². The van der Waals surface area contributed by atoms with Crippen LogP contribution in [0.25, 0.3) is 0 Å². The van der Waals surface area contributed by atoms with Crippen LogP contribution in [-0.4, -0.2) is 73.4 Å². The van der Waals surface area contributed by atoms with Crippen molar-refractivity contribution in [2.75, 3.05) is 40.9 Å². The van der Waals surface area contributed by atoms with E-state index in [9.17, 15) is 19.4 Å². The maximum absolute atomic E-state index is 13.1. The van der Waals surface area contributed by atoms with E-state index in [1.54, 1.807) is 6.08 Å². The lowest BCUT2D eigenvalue weighted by Crippen LogP contribution is -2.45. The number of unbranched alkanes of at least 4 members (excludes halogenated alkanes) is 49. The van der Waals surface area contributed by atoms with Crippen molar-refractivity contribution in [3.8, 4) is 0 Å². The van der Waals surface area contributed by atoms with Gasteiger partial charge in [-0.15, -0.1) is 0 Å². The van der Waals surface area contributed by atoms with Crippen molar-refractivity contribution in [1.29, 1.82) is 0 Å². The largest absolute Gasteiger partial charge is 0.472 e. The highest BCUT2D eigenvalue weighted by molar-refractivity contribution is 7.47. The first-order valence-electron chi connectivity index (χ1n) is 37.7. The summed E-state index contributed by atoms with van der Waals surface area (Å²) < 4.78 is 23.8. The molecule has 86 heavy (non-hydrogen) atoms. The van der Waals surface area contributed by atoms with Crippen LogP contribution in [0.3, 0.4) is 0 Å². The zero-order chi connectivity index (χ0) is 62.6. The Hall–Kier alpha value is -1.80. The van der Waals surface area contributed by atoms with Gasteiger partial charge in [-0.2, -0.15) is 0 Å². The number of likely N-dealkylation sites (N-methyl/N-ethyl adjacent to an activating group) is 1. The standard InChI is InChI=1S/C77H147N2O6P/c1-6-8-10-12-14-16-18-20-22-24-26-28-30-32-34-36-37-38-39-40-41-43-45-47-49-51-53-55-57-59-61-63-65-67-69-71-77(81)78-75(74-85-86(82,83)84-73-72-79(3,4)5)76(80)70-68-66-64-62-60-58-56-54-52-50-48-46-44-42-35-33-31-29-27-25-23-21-19-17-15-13-11-9-7-2/h18,20,24,26,30,32,60,62,68,70,75-76,80H,6-17,19,21-23,25,27-29,31,33-59,61,63-67,69,71-74H2,1-5H3,(H-,78,81,82,83)/p+1/b20-18-,26-24-,32-30-,62-60+,70-68+. The molecule has 506 valence electrons. The molecule has 0 aliphatic heterocycles. The van der Waals surface area contributed by atoms with Gasteiger partial charge in [0.25, 0.3) is 0 Å². The zero-order valence-electron chi connectivity index (χ0n) is 58.1. The van der Waals surface area contributed by atoms with Crippen molar-refractivity contribution in [1.82, 2.24) is 5.32 Å².